The van der Waals surface area contributed by atoms with E-state index in [4.69, 9.17) is 5.11 Å². The van der Waals surface area contributed by atoms with Gasteiger partial charge in [-0.1, -0.05) is 56.5 Å². The largest absolute Gasteiger partial charge is 0.508 e. The average Bonchev–Trinajstić information content (AvgIpc) is 3.09. The number of benzene rings is 1. The highest BCUT2D eigenvalue weighted by atomic mass is 16.4. The first-order valence-corrected chi connectivity index (χ1v) is 10.4. The van der Waals surface area contributed by atoms with Crippen molar-refractivity contribution in [3.63, 3.8) is 0 Å². The second kappa shape index (κ2) is 11.5. The predicted molar refractivity (Wildman–Crippen MR) is 110 cm³/mol. The summed E-state index contributed by atoms with van der Waals surface area (Å²) in [6.45, 7) is 3.49. The minimum atomic E-state index is -0.794. The zero-order chi connectivity index (χ0) is 20.4. The molecule has 0 saturated carbocycles. The lowest BCUT2D eigenvalue weighted by Gasteiger charge is -2.18. The number of allylic oxidation sites excluding steroid dienone is 2. The summed E-state index contributed by atoms with van der Waals surface area (Å²) in [4.78, 5) is 25.2. The molecule has 0 aromatic heterocycles. The van der Waals surface area contributed by atoms with Gasteiger partial charge in [0.2, 0.25) is 5.91 Å². The van der Waals surface area contributed by atoms with Crippen LogP contribution in [0.4, 0.5) is 0 Å². The number of hydrogen-bond donors (Lipinski definition) is 2. The van der Waals surface area contributed by atoms with E-state index in [1.807, 2.05) is 35.3 Å². The Morgan fingerprint density at radius 2 is 1.89 bits per heavy atom. The SMILES string of the molecule is CCCCCCC(=O)N1C[C@@H](C/C=C\CCC(=O)O)[C@@H](c2ccccc2O)C1. The molecule has 0 spiro atoms. The molecule has 1 heterocycles. The number of phenols is 1. The van der Waals surface area contributed by atoms with Gasteiger partial charge in [0.05, 0.1) is 0 Å². The van der Waals surface area contributed by atoms with Crippen molar-refractivity contribution >= 4 is 11.9 Å². The molecule has 2 atom stereocenters. The third-order valence-corrected chi connectivity index (χ3v) is 5.50. The van der Waals surface area contributed by atoms with Crippen LogP contribution in [-0.4, -0.2) is 40.1 Å². The van der Waals surface area contributed by atoms with Crippen LogP contribution in [0.1, 0.15) is 69.8 Å². The Morgan fingerprint density at radius 3 is 2.61 bits per heavy atom. The molecule has 2 rings (SSSR count). The van der Waals surface area contributed by atoms with Gasteiger partial charge in [0.15, 0.2) is 0 Å². The maximum absolute atomic E-state index is 12.6. The van der Waals surface area contributed by atoms with Gasteiger partial charge in [-0.15, -0.1) is 0 Å². The highest BCUT2D eigenvalue weighted by Gasteiger charge is 2.36. The second-order valence-corrected chi connectivity index (χ2v) is 7.67. The number of phenolic OH excluding ortho intramolecular Hbond substituents is 1. The van der Waals surface area contributed by atoms with Crippen LogP contribution in [0, 0.1) is 5.92 Å². The molecule has 1 amide bonds. The van der Waals surface area contributed by atoms with Gasteiger partial charge in [-0.05, 0) is 36.8 Å². The highest BCUT2D eigenvalue weighted by molar-refractivity contribution is 5.76. The van der Waals surface area contributed by atoms with Crippen LogP contribution in [0.3, 0.4) is 0 Å². The van der Waals surface area contributed by atoms with Gasteiger partial charge in [0, 0.05) is 31.8 Å². The zero-order valence-electron chi connectivity index (χ0n) is 16.8. The molecule has 0 radical (unpaired) electrons. The van der Waals surface area contributed by atoms with Gasteiger partial charge < -0.3 is 15.1 Å². The maximum atomic E-state index is 12.6. The third-order valence-electron chi connectivity index (χ3n) is 5.50. The normalized spacial score (nSPS) is 19.4. The number of hydrogen-bond acceptors (Lipinski definition) is 3. The number of carbonyl (C=O) groups is 2. The van der Waals surface area contributed by atoms with Crippen molar-refractivity contribution in [2.45, 2.75) is 64.2 Å². The summed E-state index contributed by atoms with van der Waals surface area (Å²) in [7, 11) is 0. The molecular weight excluding hydrogens is 354 g/mol. The van der Waals surface area contributed by atoms with Crippen LogP contribution in [0.5, 0.6) is 5.75 Å². The number of likely N-dealkylation sites (tertiary alicyclic amines) is 1. The van der Waals surface area contributed by atoms with E-state index in [9.17, 15) is 14.7 Å². The number of carboxylic acids is 1. The van der Waals surface area contributed by atoms with Crippen molar-refractivity contribution in [1.82, 2.24) is 4.90 Å². The minimum absolute atomic E-state index is 0.102. The van der Waals surface area contributed by atoms with Gasteiger partial charge in [0.25, 0.3) is 0 Å². The summed E-state index contributed by atoms with van der Waals surface area (Å²) in [6, 6.07) is 7.37. The van der Waals surface area contributed by atoms with E-state index in [0.29, 0.717) is 25.9 Å². The third kappa shape index (κ3) is 6.70. The Hall–Kier alpha value is -2.30. The van der Waals surface area contributed by atoms with Crippen LogP contribution in [0.2, 0.25) is 0 Å². The van der Waals surface area contributed by atoms with Crippen LogP contribution >= 0.6 is 0 Å². The molecule has 1 aromatic rings. The first kappa shape index (κ1) is 22.0. The standard InChI is InChI=1S/C23H33NO4/c1-2-3-4-7-14-22(26)24-16-18(11-6-5-8-15-23(27)28)20(17-24)19-12-9-10-13-21(19)25/h5-6,9-10,12-13,18,20,25H,2-4,7-8,11,14-17H2,1H3,(H,27,28)/b6-5-/t18-,20+/m1/s1. The number of rotatable bonds is 11. The fraction of sp³-hybridized carbons (Fsp3) is 0.565. The van der Waals surface area contributed by atoms with E-state index in [0.717, 1.165) is 37.7 Å². The van der Waals surface area contributed by atoms with Crippen molar-refractivity contribution in [2.75, 3.05) is 13.1 Å². The summed E-state index contributed by atoms with van der Waals surface area (Å²) in [6.07, 6.45) is 10.3. The molecule has 0 bridgehead atoms. The zero-order valence-corrected chi connectivity index (χ0v) is 16.8. The van der Waals surface area contributed by atoms with Crippen molar-refractivity contribution in [1.29, 1.82) is 0 Å². The van der Waals surface area contributed by atoms with E-state index in [1.54, 1.807) is 6.07 Å². The highest BCUT2D eigenvalue weighted by Crippen LogP contribution is 2.39. The Labute approximate surface area is 168 Å². The summed E-state index contributed by atoms with van der Waals surface area (Å²) >= 11 is 0. The van der Waals surface area contributed by atoms with Crippen molar-refractivity contribution in [2.24, 2.45) is 5.92 Å². The number of aromatic hydroxyl groups is 1. The molecule has 5 nitrogen and oxygen atoms in total. The molecule has 1 aromatic carbocycles. The monoisotopic (exact) mass is 387 g/mol. The molecule has 0 aliphatic carbocycles. The molecule has 1 aliphatic heterocycles. The van der Waals surface area contributed by atoms with Gasteiger partial charge in [-0.2, -0.15) is 0 Å². The molecule has 154 valence electrons. The number of unbranched alkanes of at least 4 members (excludes halogenated alkanes) is 3. The predicted octanol–water partition coefficient (Wildman–Crippen LogP) is 4.72. The molecule has 1 aliphatic rings. The van der Waals surface area contributed by atoms with Crippen LogP contribution in [-0.2, 0) is 9.59 Å². The quantitative estimate of drug-likeness (QED) is 0.425. The van der Waals surface area contributed by atoms with E-state index < -0.39 is 5.97 Å². The Balaban J connectivity index is 2.01. The van der Waals surface area contributed by atoms with Gasteiger partial charge in [-0.3, -0.25) is 9.59 Å². The lowest BCUT2D eigenvalue weighted by atomic mass is 9.86. The Morgan fingerprint density at radius 1 is 1.11 bits per heavy atom. The Bertz CT molecular complexity index is 670. The van der Waals surface area contributed by atoms with E-state index in [1.165, 1.54) is 0 Å². The number of aliphatic carboxylic acids is 1. The fourth-order valence-electron chi connectivity index (χ4n) is 3.92. The maximum Gasteiger partial charge on any atom is 0.303 e. The topological polar surface area (TPSA) is 77.8 Å². The molecule has 0 unspecified atom stereocenters. The van der Waals surface area contributed by atoms with Crippen molar-refractivity contribution < 1.29 is 19.8 Å². The average molecular weight is 388 g/mol. The first-order chi connectivity index (χ1) is 13.5. The van der Waals surface area contributed by atoms with Crippen LogP contribution < -0.4 is 0 Å². The smallest absolute Gasteiger partial charge is 0.303 e. The number of carbonyl (C=O) groups excluding carboxylic acids is 1. The number of para-hydroxylation sites is 1. The first-order valence-electron chi connectivity index (χ1n) is 10.4. The summed E-state index contributed by atoms with van der Waals surface area (Å²) in [5, 5.41) is 19.0. The minimum Gasteiger partial charge on any atom is -0.508 e. The molecule has 1 saturated heterocycles. The van der Waals surface area contributed by atoms with Crippen LogP contribution in [0.25, 0.3) is 0 Å². The van der Waals surface area contributed by atoms with Gasteiger partial charge in [-0.25, -0.2) is 0 Å². The lowest BCUT2D eigenvalue weighted by Crippen LogP contribution is -2.28. The van der Waals surface area contributed by atoms with Crippen LogP contribution in [0.15, 0.2) is 36.4 Å². The van der Waals surface area contributed by atoms with Gasteiger partial charge >= 0.3 is 5.97 Å². The second-order valence-electron chi connectivity index (χ2n) is 7.67. The van der Waals surface area contributed by atoms with Gasteiger partial charge in [0.1, 0.15) is 5.75 Å². The summed E-state index contributed by atoms with van der Waals surface area (Å²) in [5.74, 6) is 0.0230. The lowest BCUT2D eigenvalue weighted by molar-refractivity contribution is -0.137. The fourth-order valence-corrected chi connectivity index (χ4v) is 3.92. The number of carboxylic acid groups (broad SMARTS) is 1. The van der Waals surface area contributed by atoms with E-state index >= 15 is 0 Å². The molecule has 2 N–H and O–H groups in total. The Kier molecular flexibility index (Phi) is 9.05. The van der Waals surface area contributed by atoms with E-state index in [2.05, 4.69) is 6.92 Å². The number of amides is 1. The summed E-state index contributed by atoms with van der Waals surface area (Å²) < 4.78 is 0. The molecular formula is C23H33NO4. The van der Waals surface area contributed by atoms with Crippen molar-refractivity contribution in [3.05, 3.63) is 42.0 Å². The molecule has 1 fully saturated rings. The van der Waals surface area contributed by atoms with E-state index in [-0.39, 0.29) is 29.9 Å². The molecule has 28 heavy (non-hydrogen) atoms. The number of nitrogens with zero attached hydrogens (tertiary/aromatic N) is 1. The van der Waals surface area contributed by atoms with Crippen molar-refractivity contribution in [3.8, 4) is 5.75 Å². The summed E-state index contributed by atoms with van der Waals surface area (Å²) in [5.41, 5.74) is 0.896. The molecule has 5 heteroatoms.